The predicted octanol–water partition coefficient (Wildman–Crippen LogP) is 5.12. The minimum Gasteiger partial charge on any atom is -0.508 e. The molecule has 29 heavy (non-hydrogen) atoms. The molecule has 0 spiro atoms. The normalized spacial score (nSPS) is 11.2. The lowest BCUT2D eigenvalue weighted by atomic mass is 10.1. The maximum absolute atomic E-state index is 10.1. The molecule has 3 N–H and O–H groups in total. The van der Waals surface area contributed by atoms with Crippen LogP contribution in [0, 0.1) is 6.92 Å². The van der Waals surface area contributed by atoms with E-state index in [4.69, 9.17) is 11.6 Å². The first-order valence-electron chi connectivity index (χ1n) is 8.86. The van der Waals surface area contributed by atoms with Crippen molar-refractivity contribution in [3.63, 3.8) is 0 Å². The number of aromatic hydroxyl groups is 2. The second-order valence-electron chi connectivity index (χ2n) is 6.44. The van der Waals surface area contributed by atoms with Gasteiger partial charge in [-0.2, -0.15) is 5.10 Å². The molecular weight excluding hydrogens is 388 g/mol. The van der Waals surface area contributed by atoms with Crippen LogP contribution in [-0.2, 0) is 0 Å². The average Bonchev–Trinajstić information content (AvgIpc) is 2.74. The fourth-order valence-corrected chi connectivity index (χ4v) is 2.99. The molecule has 1 aromatic heterocycles. The Morgan fingerprint density at radius 3 is 2.52 bits per heavy atom. The summed E-state index contributed by atoms with van der Waals surface area (Å²) >= 11 is 5.98. The Morgan fingerprint density at radius 2 is 1.72 bits per heavy atom. The quantitative estimate of drug-likeness (QED) is 0.324. The number of rotatable bonds is 4. The van der Waals surface area contributed by atoms with Gasteiger partial charge in [-0.05, 0) is 55.5 Å². The number of phenols is 2. The fraction of sp³-hybridized carbons (Fsp3) is 0.0455. The van der Waals surface area contributed by atoms with Gasteiger partial charge in [0.15, 0.2) is 11.6 Å². The zero-order valence-electron chi connectivity index (χ0n) is 15.5. The molecule has 0 fully saturated rings. The lowest BCUT2D eigenvalue weighted by Crippen LogP contribution is -1.99. The number of nitrogens with one attached hydrogen (secondary N) is 1. The summed E-state index contributed by atoms with van der Waals surface area (Å²) in [5.74, 6) is 1.08. The number of phenolic OH excluding ortho intramolecular Hbond substituents is 2. The van der Waals surface area contributed by atoms with Gasteiger partial charge >= 0.3 is 0 Å². The van der Waals surface area contributed by atoms with Gasteiger partial charge < -0.3 is 10.2 Å². The van der Waals surface area contributed by atoms with E-state index in [9.17, 15) is 10.2 Å². The molecule has 7 heteroatoms. The van der Waals surface area contributed by atoms with Crippen molar-refractivity contribution in [3.8, 4) is 22.9 Å². The van der Waals surface area contributed by atoms with Crippen LogP contribution in [0.3, 0.4) is 0 Å². The highest BCUT2D eigenvalue weighted by Crippen LogP contribution is 2.29. The molecule has 0 amide bonds. The number of hydrazone groups is 1. The number of nitrogens with zero attached hydrogens (tertiary/aromatic N) is 3. The number of halogens is 1. The maximum atomic E-state index is 10.1. The van der Waals surface area contributed by atoms with Crippen LogP contribution < -0.4 is 5.43 Å². The lowest BCUT2D eigenvalue weighted by Gasteiger charge is -2.09. The summed E-state index contributed by atoms with van der Waals surface area (Å²) in [6, 6.07) is 18.0. The number of anilines is 1. The number of hydrogen-bond donors (Lipinski definition) is 3. The van der Waals surface area contributed by atoms with Crippen LogP contribution in [0.2, 0.25) is 5.02 Å². The monoisotopic (exact) mass is 404 g/mol. The van der Waals surface area contributed by atoms with Gasteiger partial charge in [0, 0.05) is 27.1 Å². The number of benzene rings is 3. The zero-order chi connectivity index (χ0) is 20.4. The van der Waals surface area contributed by atoms with Crippen molar-refractivity contribution in [2.24, 2.45) is 5.10 Å². The summed E-state index contributed by atoms with van der Waals surface area (Å²) in [4.78, 5) is 9.23. The van der Waals surface area contributed by atoms with E-state index in [-0.39, 0.29) is 11.5 Å². The summed E-state index contributed by atoms with van der Waals surface area (Å²) in [6.45, 7) is 1.63. The maximum Gasteiger partial charge on any atom is 0.162 e. The molecule has 0 aliphatic carbocycles. The van der Waals surface area contributed by atoms with Crippen molar-refractivity contribution in [3.05, 3.63) is 76.8 Å². The number of hydrogen-bond acceptors (Lipinski definition) is 6. The van der Waals surface area contributed by atoms with Crippen molar-refractivity contribution in [1.82, 2.24) is 9.97 Å². The summed E-state index contributed by atoms with van der Waals surface area (Å²) in [6.07, 6.45) is 1.47. The first-order valence-corrected chi connectivity index (χ1v) is 9.24. The molecule has 0 saturated heterocycles. The minimum absolute atomic E-state index is 0.0232. The van der Waals surface area contributed by atoms with E-state index >= 15 is 0 Å². The van der Waals surface area contributed by atoms with Crippen molar-refractivity contribution in [2.45, 2.75) is 6.92 Å². The smallest absolute Gasteiger partial charge is 0.162 e. The second kappa shape index (κ2) is 7.77. The third-order valence-corrected chi connectivity index (χ3v) is 4.77. The van der Waals surface area contributed by atoms with E-state index in [1.807, 2.05) is 36.4 Å². The van der Waals surface area contributed by atoms with Gasteiger partial charge in [-0.1, -0.05) is 23.7 Å². The number of fused-ring (bicyclic) bond motifs is 1. The van der Waals surface area contributed by atoms with Crippen LogP contribution in [0.25, 0.3) is 22.3 Å². The summed E-state index contributed by atoms with van der Waals surface area (Å²) in [5, 5.41) is 25.5. The van der Waals surface area contributed by atoms with Crippen LogP contribution in [0.5, 0.6) is 11.5 Å². The molecule has 6 nitrogen and oxygen atoms in total. The minimum atomic E-state index is -0.0232. The lowest BCUT2D eigenvalue weighted by molar-refractivity contribution is 0.442. The van der Waals surface area contributed by atoms with Gasteiger partial charge in [0.2, 0.25) is 0 Å². The first-order chi connectivity index (χ1) is 14.0. The van der Waals surface area contributed by atoms with E-state index in [1.165, 1.54) is 12.3 Å². The van der Waals surface area contributed by atoms with Gasteiger partial charge in [-0.3, -0.25) is 5.43 Å². The van der Waals surface area contributed by atoms with Gasteiger partial charge in [0.05, 0.1) is 11.7 Å². The topological polar surface area (TPSA) is 90.6 Å². The second-order valence-corrected chi connectivity index (χ2v) is 6.87. The van der Waals surface area contributed by atoms with E-state index in [1.54, 1.807) is 25.1 Å². The molecule has 0 saturated carbocycles. The Morgan fingerprint density at radius 1 is 0.966 bits per heavy atom. The largest absolute Gasteiger partial charge is 0.508 e. The highest BCUT2D eigenvalue weighted by atomic mass is 35.5. The van der Waals surface area contributed by atoms with E-state index in [2.05, 4.69) is 20.5 Å². The predicted molar refractivity (Wildman–Crippen MR) is 116 cm³/mol. The van der Waals surface area contributed by atoms with Crippen LogP contribution in [0.4, 0.5) is 5.82 Å². The summed E-state index contributed by atoms with van der Waals surface area (Å²) < 4.78 is 0. The average molecular weight is 405 g/mol. The van der Waals surface area contributed by atoms with Gasteiger partial charge in [-0.25, -0.2) is 9.97 Å². The van der Waals surface area contributed by atoms with Crippen LogP contribution in [0.1, 0.15) is 11.1 Å². The summed E-state index contributed by atoms with van der Waals surface area (Å²) in [5.41, 5.74) is 5.41. The fourth-order valence-electron chi connectivity index (χ4n) is 2.87. The molecule has 0 atom stereocenters. The van der Waals surface area contributed by atoms with Crippen LogP contribution in [0.15, 0.2) is 65.8 Å². The standard InChI is InChI=1S/C22H17ClN4O2/c1-13-19(28)11-8-15(20(13)29)12-24-27-22-17-4-2-3-5-18(17)25-21(26-22)14-6-9-16(23)10-7-14/h2-12,28-29H,1H3,(H,25,26,27)/b24-12-. The molecule has 144 valence electrons. The number of para-hydroxylation sites is 1. The first kappa shape index (κ1) is 18.7. The highest BCUT2D eigenvalue weighted by molar-refractivity contribution is 6.30. The van der Waals surface area contributed by atoms with E-state index in [0.717, 1.165) is 16.5 Å². The van der Waals surface area contributed by atoms with Crippen molar-refractivity contribution >= 4 is 34.5 Å². The Bertz CT molecular complexity index is 1220. The Hall–Kier alpha value is -3.64. The molecule has 3 aromatic carbocycles. The third kappa shape index (κ3) is 3.83. The Balaban J connectivity index is 1.71. The van der Waals surface area contributed by atoms with Crippen molar-refractivity contribution in [2.75, 3.05) is 5.43 Å². The number of aromatic nitrogens is 2. The molecule has 0 unspecified atom stereocenters. The van der Waals surface area contributed by atoms with E-state index in [0.29, 0.717) is 27.8 Å². The SMILES string of the molecule is Cc1c(O)ccc(/C=N\Nc2nc(-c3ccc(Cl)cc3)nc3ccccc23)c1O. The summed E-state index contributed by atoms with van der Waals surface area (Å²) in [7, 11) is 0. The molecule has 0 aliphatic rings. The third-order valence-electron chi connectivity index (χ3n) is 4.51. The molecule has 0 aliphatic heterocycles. The van der Waals surface area contributed by atoms with Gasteiger partial charge in [-0.15, -0.1) is 0 Å². The van der Waals surface area contributed by atoms with Crippen molar-refractivity contribution in [1.29, 1.82) is 0 Å². The van der Waals surface area contributed by atoms with Gasteiger partial charge in [0.1, 0.15) is 11.5 Å². The van der Waals surface area contributed by atoms with Crippen LogP contribution in [-0.4, -0.2) is 26.4 Å². The van der Waals surface area contributed by atoms with Crippen LogP contribution >= 0.6 is 11.6 Å². The molecule has 0 bridgehead atoms. The molecule has 0 radical (unpaired) electrons. The van der Waals surface area contributed by atoms with Crippen molar-refractivity contribution < 1.29 is 10.2 Å². The molecule has 4 rings (SSSR count). The van der Waals surface area contributed by atoms with E-state index < -0.39 is 0 Å². The van der Waals surface area contributed by atoms with Gasteiger partial charge in [0.25, 0.3) is 0 Å². The molecule has 4 aromatic rings. The molecule has 1 heterocycles. The Kier molecular flexibility index (Phi) is 5.01. The zero-order valence-corrected chi connectivity index (χ0v) is 16.2. The highest BCUT2D eigenvalue weighted by Gasteiger charge is 2.10. The Labute approximate surface area is 172 Å². The molecular formula is C22H17ClN4O2.